The standard InChI is InChI=1S/C10H14ClN3/c1-8-9(5-3-4-6-12-2)7-13-10(11)14-8/h3,5,7,12H,4,6H2,1-2H3. The van der Waals surface area contributed by atoms with Crippen LogP contribution in [0.2, 0.25) is 5.28 Å². The summed E-state index contributed by atoms with van der Waals surface area (Å²) in [6, 6.07) is 0. The number of nitrogens with zero attached hydrogens (tertiary/aromatic N) is 2. The molecule has 0 fully saturated rings. The summed E-state index contributed by atoms with van der Waals surface area (Å²) in [5.41, 5.74) is 1.93. The summed E-state index contributed by atoms with van der Waals surface area (Å²) in [4.78, 5) is 7.99. The summed E-state index contributed by atoms with van der Waals surface area (Å²) in [5, 5.41) is 3.37. The van der Waals surface area contributed by atoms with Gasteiger partial charge in [-0.3, -0.25) is 0 Å². The van der Waals surface area contributed by atoms with Crippen LogP contribution in [-0.2, 0) is 0 Å². The second-order valence-corrected chi connectivity index (χ2v) is 3.31. The van der Waals surface area contributed by atoms with Crippen molar-refractivity contribution < 1.29 is 0 Å². The summed E-state index contributed by atoms with van der Waals surface area (Å²) in [6.45, 7) is 2.90. The van der Waals surface area contributed by atoms with E-state index in [0.29, 0.717) is 5.28 Å². The van der Waals surface area contributed by atoms with Gasteiger partial charge in [-0.2, -0.15) is 0 Å². The molecule has 1 aromatic heterocycles. The van der Waals surface area contributed by atoms with Crippen molar-refractivity contribution in [3.05, 3.63) is 28.8 Å². The lowest BCUT2D eigenvalue weighted by atomic mass is 10.2. The summed E-state index contributed by atoms with van der Waals surface area (Å²) in [7, 11) is 1.94. The van der Waals surface area contributed by atoms with Crippen LogP contribution in [0.25, 0.3) is 6.08 Å². The largest absolute Gasteiger partial charge is 0.319 e. The predicted molar refractivity (Wildman–Crippen MR) is 59.4 cm³/mol. The van der Waals surface area contributed by atoms with Gasteiger partial charge >= 0.3 is 0 Å². The van der Waals surface area contributed by atoms with E-state index in [9.17, 15) is 0 Å². The summed E-state index contributed by atoms with van der Waals surface area (Å²) < 4.78 is 0. The lowest BCUT2D eigenvalue weighted by Gasteiger charge is -1.98. The Hall–Kier alpha value is -0.930. The molecule has 0 atom stereocenters. The molecule has 0 spiro atoms. The van der Waals surface area contributed by atoms with Gasteiger partial charge in [0, 0.05) is 17.5 Å². The van der Waals surface area contributed by atoms with Crippen LogP contribution in [0.4, 0.5) is 0 Å². The second-order valence-electron chi connectivity index (χ2n) is 2.97. The Morgan fingerprint density at radius 3 is 3.00 bits per heavy atom. The fraction of sp³-hybridized carbons (Fsp3) is 0.400. The molecule has 0 saturated carbocycles. The van der Waals surface area contributed by atoms with Gasteiger partial charge in [-0.15, -0.1) is 0 Å². The molecule has 1 rings (SSSR count). The molecule has 76 valence electrons. The Morgan fingerprint density at radius 2 is 2.36 bits per heavy atom. The van der Waals surface area contributed by atoms with Crippen molar-refractivity contribution in [2.45, 2.75) is 13.3 Å². The molecule has 0 saturated heterocycles. The van der Waals surface area contributed by atoms with Crippen molar-refractivity contribution in [2.24, 2.45) is 0 Å². The molecule has 0 aliphatic rings. The maximum absolute atomic E-state index is 5.64. The van der Waals surface area contributed by atoms with E-state index in [1.54, 1.807) is 6.20 Å². The van der Waals surface area contributed by atoms with Crippen molar-refractivity contribution in [3.63, 3.8) is 0 Å². The molecule has 0 aliphatic heterocycles. The van der Waals surface area contributed by atoms with Gasteiger partial charge < -0.3 is 5.32 Å². The molecule has 1 aromatic rings. The highest BCUT2D eigenvalue weighted by atomic mass is 35.5. The van der Waals surface area contributed by atoms with E-state index in [2.05, 4.69) is 21.4 Å². The van der Waals surface area contributed by atoms with Crippen LogP contribution in [0, 0.1) is 6.92 Å². The molecule has 1 N–H and O–H groups in total. The van der Waals surface area contributed by atoms with E-state index >= 15 is 0 Å². The molecule has 1 heterocycles. The van der Waals surface area contributed by atoms with Crippen molar-refractivity contribution in [1.29, 1.82) is 0 Å². The number of nitrogens with one attached hydrogen (secondary N) is 1. The number of hydrogen-bond acceptors (Lipinski definition) is 3. The minimum absolute atomic E-state index is 0.301. The number of rotatable bonds is 4. The quantitative estimate of drug-likeness (QED) is 0.612. The van der Waals surface area contributed by atoms with Gasteiger partial charge in [-0.1, -0.05) is 12.2 Å². The van der Waals surface area contributed by atoms with Crippen LogP contribution >= 0.6 is 11.6 Å². The second kappa shape index (κ2) is 5.73. The third-order valence-electron chi connectivity index (χ3n) is 1.85. The van der Waals surface area contributed by atoms with Crippen LogP contribution < -0.4 is 5.32 Å². The monoisotopic (exact) mass is 211 g/mol. The van der Waals surface area contributed by atoms with Gasteiger partial charge in [0.15, 0.2) is 0 Å². The highest BCUT2D eigenvalue weighted by Crippen LogP contribution is 2.09. The Balaban J connectivity index is 2.62. The van der Waals surface area contributed by atoms with Crippen LogP contribution in [0.1, 0.15) is 17.7 Å². The third kappa shape index (κ3) is 3.44. The zero-order chi connectivity index (χ0) is 10.4. The van der Waals surface area contributed by atoms with E-state index in [4.69, 9.17) is 11.6 Å². The van der Waals surface area contributed by atoms with Crippen molar-refractivity contribution in [3.8, 4) is 0 Å². The van der Waals surface area contributed by atoms with Gasteiger partial charge in [0.1, 0.15) is 0 Å². The van der Waals surface area contributed by atoms with Gasteiger partial charge in [-0.05, 0) is 38.5 Å². The number of hydrogen-bond donors (Lipinski definition) is 1. The number of halogens is 1. The molecule has 0 radical (unpaired) electrons. The fourth-order valence-electron chi connectivity index (χ4n) is 1.05. The summed E-state index contributed by atoms with van der Waals surface area (Å²) >= 11 is 5.64. The van der Waals surface area contributed by atoms with Crippen molar-refractivity contribution in [1.82, 2.24) is 15.3 Å². The molecule has 0 aliphatic carbocycles. The van der Waals surface area contributed by atoms with Gasteiger partial charge in [0.2, 0.25) is 5.28 Å². The Kier molecular flexibility index (Phi) is 4.56. The van der Waals surface area contributed by atoms with E-state index < -0.39 is 0 Å². The number of aryl methyl sites for hydroxylation is 1. The van der Waals surface area contributed by atoms with Crippen molar-refractivity contribution >= 4 is 17.7 Å². The Bertz CT molecular complexity index is 323. The van der Waals surface area contributed by atoms with Crippen LogP contribution in [0.5, 0.6) is 0 Å². The average Bonchev–Trinajstić information content (AvgIpc) is 2.15. The SMILES string of the molecule is CNCCC=Cc1cnc(Cl)nc1C. The zero-order valence-corrected chi connectivity index (χ0v) is 9.17. The number of aromatic nitrogens is 2. The average molecular weight is 212 g/mol. The third-order valence-corrected chi connectivity index (χ3v) is 2.03. The molecule has 0 amide bonds. The topological polar surface area (TPSA) is 37.8 Å². The molecule has 0 unspecified atom stereocenters. The minimum Gasteiger partial charge on any atom is -0.319 e. The van der Waals surface area contributed by atoms with Gasteiger partial charge in [0.25, 0.3) is 0 Å². The minimum atomic E-state index is 0.301. The molecule has 4 heteroatoms. The first kappa shape index (κ1) is 11.1. The van der Waals surface area contributed by atoms with Gasteiger partial charge in [-0.25, -0.2) is 9.97 Å². The Labute approximate surface area is 89.2 Å². The molecule has 0 aromatic carbocycles. The smallest absolute Gasteiger partial charge is 0.222 e. The maximum atomic E-state index is 5.64. The molecular weight excluding hydrogens is 198 g/mol. The first-order chi connectivity index (χ1) is 6.74. The zero-order valence-electron chi connectivity index (χ0n) is 8.42. The van der Waals surface area contributed by atoms with E-state index in [1.165, 1.54) is 0 Å². The highest BCUT2D eigenvalue weighted by molar-refractivity contribution is 6.28. The molecule has 0 bridgehead atoms. The predicted octanol–water partition coefficient (Wildman–Crippen LogP) is 2.06. The first-order valence-corrected chi connectivity index (χ1v) is 4.92. The van der Waals surface area contributed by atoms with Crippen LogP contribution in [0.3, 0.4) is 0 Å². The Morgan fingerprint density at radius 1 is 1.57 bits per heavy atom. The molecule has 14 heavy (non-hydrogen) atoms. The van der Waals surface area contributed by atoms with E-state index in [0.717, 1.165) is 24.2 Å². The van der Waals surface area contributed by atoms with E-state index in [-0.39, 0.29) is 0 Å². The lowest BCUT2D eigenvalue weighted by molar-refractivity contribution is 0.809. The first-order valence-electron chi connectivity index (χ1n) is 4.54. The van der Waals surface area contributed by atoms with Crippen LogP contribution in [0.15, 0.2) is 12.3 Å². The summed E-state index contributed by atoms with van der Waals surface area (Å²) in [5.74, 6) is 0. The molecular formula is C10H14ClN3. The van der Waals surface area contributed by atoms with Gasteiger partial charge in [0.05, 0.1) is 0 Å². The normalized spacial score (nSPS) is 11.1. The van der Waals surface area contributed by atoms with E-state index in [1.807, 2.05) is 20.0 Å². The fourth-order valence-corrected chi connectivity index (χ4v) is 1.23. The molecule has 3 nitrogen and oxygen atoms in total. The maximum Gasteiger partial charge on any atom is 0.222 e. The van der Waals surface area contributed by atoms with Crippen LogP contribution in [-0.4, -0.2) is 23.6 Å². The highest BCUT2D eigenvalue weighted by Gasteiger charge is 1.97. The van der Waals surface area contributed by atoms with Crippen molar-refractivity contribution in [2.75, 3.05) is 13.6 Å². The summed E-state index contributed by atoms with van der Waals surface area (Å²) in [6.07, 6.45) is 6.85. The lowest BCUT2D eigenvalue weighted by Crippen LogP contribution is -2.05.